The fraction of sp³-hybridized carbons (Fsp3) is 0.316. The molecule has 146 valence electrons. The molecular weight excluding hydrogens is 378 g/mol. The van der Waals surface area contributed by atoms with Crippen molar-refractivity contribution in [3.63, 3.8) is 0 Å². The molecule has 1 aromatic heterocycles. The molecule has 1 aromatic carbocycles. The molecule has 28 heavy (non-hydrogen) atoms. The van der Waals surface area contributed by atoms with Gasteiger partial charge in [-0.25, -0.2) is 13.4 Å². The fourth-order valence-electron chi connectivity index (χ4n) is 3.40. The highest BCUT2D eigenvalue weighted by Gasteiger charge is 2.30. The van der Waals surface area contributed by atoms with Crippen LogP contribution in [0.25, 0.3) is 0 Å². The van der Waals surface area contributed by atoms with Crippen LogP contribution in [0, 0.1) is 0 Å². The van der Waals surface area contributed by atoms with E-state index < -0.39 is 10.0 Å². The van der Waals surface area contributed by atoms with Crippen molar-refractivity contribution in [2.45, 2.75) is 11.3 Å². The number of nitrogens with zero attached hydrogens (tertiary/aromatic N) is 4. The van der Waals surface area contributed by atoms with E-state index >= 15 is 0 Å². The van der Waals surface area contributed by atoms with Gasteiger partial charge in [-0.3, -0.25) is 14.5 Å². The quantitative estimate of drug-likeness (QED) is 0.823. The molecule has 0 radical (unpaired) electrons. The summed E-state index contributed by atoms with van der Waals surface area (Å²) < 4.78 is 26.6. The number of aliphatic imine (C=N–C) groups is 1. The summed E-state index contributed by atoms with van der Waals surface area (Å²) in [4.78, 5) is 25.3. The molecule has 0 bridgehead atoms. The molecule has 0 saturated carbocycles. The van der Waals surface area contributed by atoms with E-state index in [1.54, 1.807) is 30.5 Å². The number of nitrogens with one attached hydrogen (secondary N) is 1. The predicted molar refractivity (Wildman–Crippen MR) is 106 cm³/mol. The van der Waals surface area contributed by atoms with Gasteiger partial charge in [0.05, 0.1) is 11.4 Å². The van der Waals surface area contributed by atoms with Gasteiger partial charge < -0.3 is 9.80 Å². The maximum absolute atomic E-state index is 12.5. The van der Waals surface area contributed by atoms with E-state index in [2.05, 4.69) is 19.6 Å². The van der Waals surface area contributed by atoms with Gasteiger partial charge in [-0.05, 0) is 24.3 Å². The average Bonchev–Trinajstić information content (AvgIpc) is 2.99. The van der Waals surface area contributed by atoms with Crippen LogP contribution < -0.4 is 9.62 Å². The van der Waals surface area contributed by atoms with Crippen LogP contribution in [-0.2, 0) is 14.8 Å². The van der Waals surface area contributed by atoms with Gasteiger partial charge in [-0.2, -0.15) is 0 Å². The summed E-state index contributed by atoms with van der Waals surface area (Å²) in [5.74, 6) is 1.26. The zero-order chi connectivity index (χ0) is 19.6. The third kappa shape index (κ3) is 3.70. The SMILES string of the molecule is O=C(CCN=C1NS(=O)(=O)c2ccccc21)N1CCN(c2ccccn2)CC1. The summed E-state index contributed by atoms with van der Waals surface area (Å²) >= 11 is 0. The van der Waals surface area contributed by atoms with Crippen LogP contribution in [0.1, 0.15) is 12.0 Å². The van der Waals surface area contributed by atoms with Crippen LogP contribution in [0.3, 0.4) is 0 Å². The number of fused-ring (bicyclic) bond motifs is 1. The molecule has 0 atom stereocenters. The number of rotatable bonds is 4. The fourth-order valence-corrected chi connectivity index (χ4v) is 4.65. The lowest BCUT2D eigenvalue weighted by Crippen LogP contribution is -2.49. The van der Waals surface area contributed by atoms with Crippen LogP contribution in [0.5, 0.6) is 0 Å². The minimum Gasteiger partial charge on any atom is -0.353 e. The molecule has 0 aliphatic carbocycles. The number of benzene rings is 1. The van der Waals surface area contributed by atoms with Gasteiger partial charge in [-0.1, -0.05) is 18.2 Å². The van der Waals surface area contributed by atoms with E-state index in [1.807, 2.05) is 23.1 Å². The van der Waals surface area contributed by atoms with E-state index in [1.165, 1.54) is 0 Å². The van der Waals surface area contributed by atoms with Gasteiger partial charge in [0.25, 0.3) is 10.0 Å². The molecular formula is C19H21N5O3S. The molecule has 3 heterocycles. The van der Waals surface area contributed by atoms with Gasteiger partial charge in [-0.15, -0.1) is 0 Å². The van der Waals surface area contributed by atoms with Gasteiger partial charge in [0.2, 0.25) is 5.91 Å². The van der Waals surface area contributed by atoms with Crippen molar-refractivity contribution in [2.24, 2.45) is 4.99 Å². The summed E-state index contributed by atoms with van der Waals surface area (Å²) in [6.45, 7) is 3.00. The normalized spacial score (nSPS) is 19.4. The highest BCUT2D eigenvalue weighted by Crippen LogP contribution is 2.22. The number of aromatic nitrogens is 1. The van der Waals surface area contributed by atoms with E-state index in [0.717, 1.165) is 18.9 Å². The van der Waals surface area contributed by atoms with Crippen LogP contribution in [0.2, 0.25) is 0 Å². The zero-order valence-electron chi connectivity index (χ0n) is 15.3. The third-order valence-electron chi connectivity index (χ3n) is 4.86. The second-order valence-corrected chi connectivity index (χ2v) is 8.29. The molecule has 4 rings (SSSR count). The van der Waals surface area contributed by atoms with E-state index in [9.17, 15) is 13.2 Å². The molecule has 2 aliphatic rings. The standard InChI is InChI=1S/C19H21N5O3S/c25-18(24-13-11-23(12-14-24)17-7-3-4-9-20-17)8-10-21-19-15-5-1-2-6-16(15)28(26,27)22-19/h1-7,9H,8,10-14H2,(H,21,22). The van der Waals surface area contributed by atoms with Crippen LogP contribution in [0.4, 0.5) is 5.82 Å². The number of anilines is 1. The molecule has 1 fully saturated rings. The summed E-state index contributed by atoms with van der Waals surface area (Å²) in [6, 6.07) is 12.5. The van der Waals surface area contributed by atoms with Crippen LogP contribution >= 0.6 is 0 Å². The summed E-state index contributed by atoms with van der Waals surface area (Å²) in [5.41, 5.74) is 0.555. The Hall–Kier alpha value is -2.94. The second kappa shape index (κ2) is 7.59. The molecule has 8 nitrogen and oxygen atoms in total. The van der Waals surface area contributed by atoms with Crippen molar-refractivity contribution >= 4 is 27.6 Å². The number of amides is 1. The molecule has 0 spiro atoms. The monoisotopic (exact) mass is 399 g/mol. The highest BCUT2D eigenvalue weighted by atomic mass is 32.2. The molecule has 9 heteroatoms. The van der Waals surface area contributed by atoms with Crippen molar-refractivity contribution in [3.8, 4) is 0 Å². The minimum absolute atomic E-state index is 0.0270. The Morgan fingerprint density at radius 1 is 1.07 bits per heavy atom. The molecule has 1 amide bonds. The second-order valence-electron chi connectivity index (χ2n) is 6.64. The van der Waals surface area contributed by atoms with Crippen molar-refractivity contribution in [1.29, 1.82) is 0 Å². The number of piperazine rings is 1. The first-order chi connectivity index (χ1) is 13.5. The maximum Gasteiger partial charge on any atom is 0.263 e. The first-order valence-electron chi connectivity index (χ1n) is 9.15. The van der Waals surface area contributed by atoms with Gasteiger partial charge in [0.15, 0.2) is 0 Å². The lowest BCUT2D eigenvalue weighted by Gasteiger charge is -2.35. The number of hydrogen-bond acceptors (Lipinski definition) is 6. The largest absolute Gasteiger partial charge is 0.353 e. The topological polar surface area (TPSA) is 95.0 Å². The Balaban J connectivity index is 1.32. The number of carbonyl (C=O) groups is 1. The number of pyridine rings is 1. The number of sulfonamides is 1. The Morgan fingerprint density at radius 3 is 2.57 bits per heavy atom. The van der Waals surface area contributed by atoms with Gasteiger partial charge in [0.1, 0.15) is 11.7 Å². The molecule has 1 N–H and O–H groups in total. The lowest BCUT2D eigenvalue weighted by atomic mass is 10.2. The third-order valence-corrected chi connectivity index (χ3v) is 6.26. The predicted octanol–water partition coefficient (Wildman–Crippen LogP) is 0.859. The molecule has 2 aromatic rings. The molecule has 1 saturated heterocycles. The molecule has 0 unspecified atom stereocenters. The number of hydrogen-bond donors (Lipinski definition) is 1. The van der Waals surface area contributed by atoms with E-state index in [0.29, 0.717) is 24.5 Å². The summed E-state index contributed by atoms with van der Waals surface area (Å²) in [5, 5.41) is 0. The first kappa shape index (κ1) is 18.4. The van der Waals surface area contributed by atoms with E-state index in [-0.39, 0.29) is 23.8 Å². The van der Waals surface area contributed by atoms with Crippen molar-refractivity contribution in [1.82, 2.24) is 14.6 Å². The number of amidine groups is 1. The van der Waals surface area contributed by atoms with Gasteiger partial charge in [0, 0.05) is 44.4 Å². The van der Waals surface area contributed by atoms with Crippen molar-refractivity contribution in [2.75, 3.05) is 37.6 Å². The average molecular weight is 399 g/mol. The maximum atomic E-state index is 12.5. The van der Waals surface area contributed by atoms with Crippen LogP contribution in [-0.4, -0.2) is 62.8 Å². The highest BCUT2D eigenvalue weighted by molar-refractivity contribution is 7.90. The molecule has 2 aliphatic heterocycles. The Morgan fingerprint density at radius 2 is 1.82 bits per heavy atom. The Labute approximate surface area is 164 Å². The van der Waals surface area contributed by atoms with Gasteiger partial charge >= 0.3 is 0 Å². The Kier molecular flexibility index (Phi) is 4.99. The van der Waals surface area contributed by atoms with Crippen molar-refractivity contribution < 1.29 is 13.2 Å². The minimum atomic E-state index is -3.55. The zero-order valence-corrected chi connectivity index (χ0v) is 16.1. The van der Waals surface area contributed by atoms with Crippen molar-refractivity contribution in [3.05, 3.63) is 54.2 Å². The smallest absolute Gasteiger partial charge is 0.263 e. The number of carbonyl (C=O) groups excluding carboxylic acids is 1. The summed E-state index contributed by atoms with van der Waals surface area (Å²) in [6.07, 6.45) is 2.01. The Bertz CT molecular complexity index is 999. The lowest BCUT2D eigenvalue weighted by molar-refractivity contribution is -0.131. The summed E-state index contributed by atoms with van der Waals surface area (Å²) in [7, 11) is -3.55. The van der Waals surface area contributed by atoms with E-state index in [4.69, 9.17) is 0 Å². The first-order valence-corrected chi connectivity index (χ1v) is 10.6. The van der Waals surface area contributed by atoms with Crippen LogP contribution in [0.15, 0.2) is 58.5 Å².